The van der Waals surface area contributed by atoms with Gasteiger partial charge in [-0.15, -0.1) is 0 Å². The smallest absolute Gasteiger partial charge is 0.407 e. The van der Waals surface area contributed by atoms with Gasteiger partial charge in [-0.25, -0.2) is 4.79 Å². The van der Waals surface area contributed by atoms with Gasteiger partial charge in [-0.05, 0) is 60.8 Å². The summed E-state index contributed by atoms with van der Waals surface area (Å²) in [6.45, 7) is 2.75. The van der Waals surface area contributed by atoms with Crippen molar-refractivity contribution in [3.05, 3.63) is 59.7 Å². The number of benzene rings is 2. The summed E-state index contributed by atoms with van der Waals surface area (Å²) in [5, 5.41) is 12.4. The van der Waals surface area contributed by atoms with Gasteiger partial charge < -0.3 is 20.1 Å². The monoisotopic (exact) mass is 476 g/mol. The van der Waals surface area contributed by atoms with Gasteiger partial charge in [0.15, 0.2) is 0 Å². The molecule has 2 N–H and O–H groups in total. The Morgan fingerprint density at radius 2 is 1.71 bits per heavy atom. The van der Waals surface area contributed by atoms with Gasteiger partial charge in [0.1, 0.15) is 6.61 Å². The molecule has 7 heteroatoms. The second kappa shape index (κ2) is 9.36. The first-order chi connectivity index (χ1) is 16.8. The van der Waals surface area contributed by atoms with Crippen molar-refractivity contribution in [2.45, 2.75) is 51.0 Å². The Kier molecular flexibility index (Phi) is 6.26. The van der Waals surface area contributed by atoms with Crippen LogP contribution >= 0.6 is 0 Å². The summed E-state index contributed by atoms with van der Waals surface area (Å²) in [7, 11) is 0. The highest BCUT2D eigenvalue weighted by molar-refractivity contribution is 5.81. The topological polar surface area (TPSA) is 95.9 Å². The fourth-order valence-corrected chi connectivity index (χ4v) is 5.92. The van der Waals surface area contributed by atoms with Gasteiger partial charge in [-0.2, -0.15) is 0 Å². The Balaban J connectivity index is 1.10. The molecule has 0 aromatic heterocycles. The number of carboxylic acids is 1. The fraction of sp³-hybridized carbons (Fsp3) is 0.464. The molecule has 1 saturated carbocycles. The minimum atomic E-state index is -0.848. The van der Waals surface area contributed by atoms with Crippen molar-refractivity contribution >= 4 is 18.0 Å². The Bertz CT molecular complexity index is 1100. The number of hydrogen-bond donors (Lipinski definition) is 2. The molecule has 0 spiro atoms. The molecule has 184 valence electrons. The Morgan fingerprint density at radius 3 is 2.34 bits per heavy atom. The van der Waals surface area contributed by atoms with Crippen LogP contribution in [0.25, 0.3) is 11.1 Å². The van der Waals surface area contributed by atoms with Crippen molar-refractivity contribution in [3.8, 4) is 11.1 Å². The zero-order valence-electron chi connectivity index (χ0n) is 20.0. The van der Waals surface area contributed by atoms with Crippen LogP contribution in [-0.2, 0) is 14.3 Å². The number of carbonyl (C=O) groups is 3. The zero-order valence-corrected chi connectivity index (χ0v) is 20.0. The second-order valence-corrected chi connectivity index (χ2v) is 10.5. The SMILES string of the molecule is CC1(C(=O)O)CCN(C(=O)C[C@H]2CC[C@@H](NC(=O)OCC3c4ccccc4-c4ccccc43)C2)C1. The van der Waals surface area contributed by atoms with E-state index in [-0.39, 0.29) is 36.9 Å². The molecule has 2 amide bonds. The van der Waals surface area contributed by atoms with E-state index >= 15 is 0 Å². The maximum absolute atomic E-state index is 12.7. The van der Waals surface area contributed by atoms with E-state index in [2.05, 4.69) is 29.6 Å². The van der Waals surface area contributed by atoms with Gasteiger partial charge in [0.05, 0.1) is 5.41 Å². The molecule has 35 heavy (non-hydrogen) atoms. The van der Waals surface area contributed by atoms with Crippen molar-refractivity contribution in [3.63, 3.8) is 0 Å². The summed E-state index contributed by atoms with van der Waals surface area (Å²) in [6.07, 6.45) is 2.89. The number of rotatable bonds is 6. The number of amides is 2. The third-order valence-electron chi connectivity index (χ3n) is 8.01. The first-order valence-corrected chi connectivity index (χ1v) is 12.5. The van der Waals surface area contributed by atoms with Gasteiger partial charge in [0, 0.05) is 31.5 Å². The number of carbonyl (C=O) groups excluding carboxylic acids is 2. The summed E-state index contributed by atoms with van der Waals surface area (Å²) in [5.74, 6) is -0.611. The summed E-state index contributed by atoms with van der Waals surface area (Å²) in [6, 6.07) is 16.5. The minimum absolute atomic E-state index is 0.00804. The Morgan fingerprint density at radius 1 is 1.06 bits per heavy atom. The molecule has 3 atom stereocenters. The number of aliphatic carboxylic acids is 1. The van der Waals surface area contributed by atoms with Crippen LogP contribution in [0.5, 0.6) is 0 Å². The number of nitrogens with one attached hydrogen (secondary N) is 1. The number of likely N-dealkylation sites (tertiary alicyclic amines) is 1. The molecule has 1 aliphatic heterocycles. The maximum Gasteiger partial charge on any atom is 0.407 e. The number of alkyl carbamates (subject to hydrolysis) is 1. The number of nitrogens with zero attached hydrogens (tertiary/aromatic N) is 1. The molecule has 2 aliphatic carbocycles. The molecule has 1 unspecified atom stereocenters. The van der Waals surface area contributed by atoms with Crippen molar-refractivity contribution < 1.29 is 24.2 Å². The van der Waals surface area contributed by atoms with E-state index in [4.69, 9.17) is 4.74 Å². The molecule has 2 aromatic rings. The quantitative estimate of drug-likeness (QED) is 0.644. The number of hydrogen-bond acceptors (Lipinski definition) is 4. The highest BCUT2D eigenvalue weighted by Crippen LogP contribution is 2.44. The number of ether oxygens (including phenoxy) is 1. The maximum atomic E-state index is 12.7. The predicted octanol–water partition coefficient (Wildman–Crippen LogP) is 4.41. The molecule has 2 fully saturated rings. The lowest BCUT2D eigenvalue weighted by Gasteiger charge is -2.21. The summed E-state index contributed by atoms with van der Waals surface area (Å²) >= 11 is 0. The van der Waals surface area contributed by atoms with E-state index in [9.17, 15) is 19.5 Å². The van der Waals surface area contributed by atoms with E-state index in [0.717, 1.165) is 19.3 Å². The van der Waals surface area contributed by atoms with E-state index in [1.165, 1.54) is 22.3 Å². The molecule has 7 nitrogen and oxygen atoms in total. The van der Waals surface area contributed by atoms with Gasteiger partial charge in [-0.3, -0.25) is 9.59 Å². The van der Waals surface area contributed by atoms with Crippen LogP contribution in [0.3, 0.4) is 0 Å². The summed E-state index contributed by atoms with van der Waals surface area (Å²) < 4.78 is 5.66. The number of carboxylic acid groups (broad SMARTS) is 1. The lowest BCUT2D eigenvalue weighted by molar-refractivity contribution is -0.147. The van der Waals surface area contributed by atoms with Crippen LogP contribution in [0.1, 0.15) is 56.1 Å². The van der Waals surface area contributed by atoms with Crippen LogP contribution in [-0.4, -0.2) is 53.7 Å². The molecule has 5 rings (SSSR count). The summed E-state index contributed by atoms with van der Waals surface area (Å²) in [5.41, 5.74) is 3.91. The average Bonchev–Trinajstić information content (AvgIpc) is 3.54. The van der Waals surface area contributed by atoms with Crippen molar-refractivity contribution in [2.75, 3.05) is 19.7 Å². The largest absolute Gasteiger partial charge is 0.481 e. The van der Waals surface area contributed by atoms with E-state index < -0.39 is 17.5 Å². The van der Waals surface area contributed by atoms with Gasteiger partial charge in [0.25, 0.3) is 0 Å². The van der Waals surface area contributed by atoms with Crippen LogP contribution in [0, 0.1) is 11.3 Å². The molecule has 3 aliphatic rings. The van der Waals surface area contributed by atoms with Gasteiger partial charge >= 0.3 is 12.1 Å². The van der Waals surface area contributed by atoms with Crippen LogP contribution in [0.2, 0.25) is 0 Å². The van der Waals surface area contributed by atoms with E-state index in [0.29, 0.717) is 19.4 Å². The van der Waals surface area contributed by atoms with Crippen LogP contribution in [0.4, 0.5) is 4.79 Å². The van der Waals surface area contributed by atoms with E-state index in [1.54, 1.807) is 11.8 Å². The molecular formula is C28H32N2O5. The molecule has 0 bridgehead atoms. The van der Waals surface area contributed by atoms with Crippen molar-refractivity contribution in [1.82, 2.24) is 10.2 Å². The van der Waals surface area contributed by atoms with Crippen LogP contribution < -0.4 is 5.32 Å². The number of fused-ring (bicyclic) bond motifs is 3. The highest BCUT2D eigenvalue weighted by Gasteiger charge is 2.42. The van der Waals surface area contributed by atoms with Crippen molar-refractivity contribution in [1.29, 1.82) is 0 Å². The van der Waals surface area contributed by atoms with E-state index in [1.807, 2.05) is 24.3 Å². The van der Waals surface area contributed by atoms with Gasteiger partial charge in [-0.1, -0.05) is 48.5 Å². The Labute approximate surface area is 205 Å². The average molecular weight is 477 g/mol. The zero-order chi connectivity index (χ0) is 24.6. The molecule has 1 saturated heterocycles. The fourth-order valence-electron chi connectivity index (χ4n) is 5.92. The lowest BCUT2D eigenvalue weighted by atomic mass is 9.90. The standard InChI is InChI=1S/C28H32N2O5/c1-28(26(32)33)12-13-30(17-28)25(31)15-18-10-11-19(14-18)29-27(34)35-16-24-22-8-4-2-6-20(22)21-7-3-5-9-23(21)24/h2-9,18-19,24H,10-17H2,1H3,(H,29,34)(H,32,33)/t18-,19+,28?/m0/s1. The summed E-state index contributed by atoms with van der Waals surface area (Å²) in [4.78, 5) is 38.4. The molecule has 1 heterocycles. The normalized spacial score (nSPS) is 25.2. The van der Waals surface area contributed by atoms with Crippen molar-refractivity contribution in [2.24, 2.45) is 11.3 Å². The molecule has 0 radical (unpaired) electrons. The predicted molar refractivity (Wildman–Crippen MR) is 131 cm³/mol. The Hall–Kier alpha value is -3.35. The molecular weight excluding hydrogens is 444 g/mol. The molecule has 2 aromatic carbocycles. The third kappa shape index (κ3) is 4.64. The minimum Gasteiger partial charge on any atom is -0.481 e. The lowest BCUT2D eigenvalue weighted by Crippen LogP contribution is -2.36. The first-order valence-electron chi connectivity index (χ1n) is 12.5. The van der Waals surface area contributed by atoms with Crippen LogP contribution in [0.15, 0.2) is 48.5 Å². The second-order valence-electron chi connectivity index (χ2n) is 10.5. The van der Waals surface area contributed by atoms with Gasteiger partial charge in [0.2, 0.25) is 5.91 Å². The third-order valence-corrected chi connectivity index (χ3v) is 8.01. The first kappa shape index (κ1) is 23.4. The highest BCUT2D eigenvalue weighted by atomic mass is 16.5.